The molecule has 0 radical (unpaired) electrons. The molecule has 2 N–H and O–H groups in total. The Morgan fingerprint density at radius 3 is 3.00 bits per heavy atom. The van der Waals surface area contributed by atoms with Gasteiger partial charge in [-0.25, -0.2) is 9.78 Å². The number of carbonyl (C=O) groups is 1. The van der Waals surface area contributed by atoms with Crippen LogP contribution in [0.2, 0.25) is 0 Å². The van der Waals surface area contributed by atoms with E-state index >= 15 is 0 Å². The van der Waals surface area contributed by atoms with Crippen molar-refractivity contribution in [2.45, 2.75) is 12.8 Å². The molecule has 2 aromatic rings. The number of pyridine rings is 1. The van der Waals surface area contributed by atoms with Crippen LogP contribution in [0.1, 0.15) is 22.7 Å². The first-order valence-corrected chi connectivity index (χ1v) is 6.48. The highest BCUT2D eigenvalue weighted by atomic mass is 79.9. The van der Waals surface area contributed by atoms with Crippen molar-refractivity contribution in [1.82, 2.24) is 14.7 Å². The fraction of sp³-hybridized carbons (Fsp3) is 0.333. The lowest BCUT2D eigenvalue weighted by molar-refractivity contribution is 0.0693. The Hall–Kier alpha value is -1.40. The van der Waals surface area contributed by atoms with Gasteiger partial charge < -0.3 is 10.4 Å². The average Bonchev–Trinajstić information content (AvgIpc) is 2.70. The molecule has 0 bridgehead atoms. The third kappa shape index (κ3) is 2.39. The van der Waals surface area contributed by atoms with E-state index in [1.165, 1.54) is 0 Å². The van der Waals surface area contributed by atoms with Gasteiger partial charge in [0.1, 0.15) is 5.82 Å². The minimum Gasteiger partial charge on any atom is -0.476 e. The second kappa shape index (κ2) is 5.49. The molecule has 2 rings (SSSR count). The van der Waals surface area contributed by atoms with E-state index < -0.39 is 5.97 Å². The van der Waals surface area contributed by atoms with Crippen LogP contribution in [0.5, 0.6) is 0 Å². The van der Waals surface area contributed by atoms with Crippen LogP contribution in [0.25, 0.3) is 5.52 Å². The van der Waals surface area contributed by atoms with Gasteiger partial charge in [0.05, 0.1) is 10.1 Å². The second-order valence-corrected chi connectivity index (χ2v) is 4.77. The van der Waals surface area contributed by atoms with Crippen LogP contribution in [0.15, 0.2) is 22.8 Å². The first-order chi connectivity index (χ1) is 8.65. The molecule has 2 aromatic heterocycles. The third-order valence-corrected chi connectivity index (χ3v) is 3.33. The highest BCUT2D eigenvalue weighted by Gasteiger charge is 2.17. The molecular formula is C12H14BrN3O2. The van der Waals surface area contributed by atoms with Crippen molar-refractivity contribution in [3.05, 3.63) is 34.3 Å². The zero-order valence-electron chi connectivity index (χ0n) is 9.98. The monoisotopic (exact) mass is 311 g/mol. The smallest absolute Gasteiger partial charge is 0.356 e. The summed E-state index contributed by atoms with van der Waals surface area (Å²) in [5.41, 5.74) is 0.729. The second-order valence-electron chi connectivity index (χ2n) is 3.96. The molecule has 0 aliphatic rings. The molecule has 0 aliphatic heterocycles. The van der Waals surface area contributed by atoms with E-state index in [2.05, 4.69) is 26.2 Å². The van der Waals surface area contributed by atoms with Crippen LogP contribution in [-0.2, 0) is 6.42 Å². The number of nitrogens with zero attached hydrogens (tertiary/aromatic N) is 2. The summed E-state index contributed by atoms with van der Waals surface area (Å²) < 4.78 is 2.67. The minimum absolute atomic E-state index is 0.107. The third-order valence-electron chi connectivity index (χ3n) is 2.71. The Morgan fingerprint density at radius 2 is 2.33 bits per heavy atom. The summed E-state index contributed by atoms with van der Waals surface area (Å²) in [4.78, 5) is 15.4. The lowest BCUT2D eigenvalue weighted by atomic mass is 10.3. The average molecular weight is 312 g/mol. The van der Waals surface area contributed by atoms with Gasteiger partial charge in [0.15, 0.2) is 5.69 Å². The molecule has 0 unspecified atom stereocenters. The van der Waals surface area contributed by atoms with Crippen LogP contribution in [-0.4, -0.2) is 34.1 Å². The lowest BCUT2D eigenvalue weighted by Gasteiger charge is -2.03. The van der Waals surface area contributed by atoms with Gasteiger partial charge in [0.2, 0.25) is 0 Å². The maximum absolute atomic E-state index is 11.2. The largest absolute Gasteiger partial charge is 0.476 e. The molecule has 2 heterocycles. The molecule has 0 saturated carbocycles. The number of carboxylic acids is 1. The van der Waals surface area contributed by atoms with Crippen molar-refractivity contribution in [2.75, 3.05) is 13.6 Å². The number of carboxylic acid groups (broad SMARTS) is 1. The molecule has 0 saturated heterocycles. The molecule has 96 valence electrons. The quantitative estimate of drug-likeness (QED) is 0.654. The number of aromatic nitrogens is 2. The maximum Gasteiger partial charge on any atom is 0.356 e. The van der Waals surface area contributed by atoms with E-state index in [1.807, 2.05) is 23.6 Å². The van der Waals surface area contributed by atoms with Crippen molar-refractivity contribution in [2.24, 2.45) is 0 Å². The summed E-state index contributed by atoms with van der Waals surface area (Å²) in [7, 11) is 1.89. The number of rotatable bonds is 5. The fourth-order valence-corrected chi connectivity index (χ4v) is 2.46. The zero-order chi connectivity index (χ0) is 13.1. The number of hydrogen-bond acceptors (Lipinski definition) is 3. The van der Waals surface area contributed by atoms with E-state index in [0.717, 1.165) is 29.8 Å². The molecule has 0 atom stereocenters. The van der Waals surface area contributed by atoms with E-state index in [4.69, 9.17) is 5.11 Å². The lowest BCUT2D eigenvalue weighted by Crippen LogP contribution is -2.09. The number of aryl methyl sites for hydroxylation is 1. The summed E-state index contributed by atoms with van der Waals surface area (Å²) in [5, 5.41) is 12.2. The van der Waals surface area contributed by atoms with Gasteiger partial charge in [-0.1, -0.05) is 6.07 Å². The summed E-state index contributed by atoms with van der Waals surface area (Å²) in [6, 6.07) is 5.45. The van der Waals surface area contributed by atoms with Gasteiger partial charge in [0.25, 0.3) is 0 Å². The Bertz CT molecular complexity index is 580. The van der Waals surface area contributed by atoms with Crippen LogP contribution < -0.4 is 5.32 Å². The summed E-state index contributed by atoms with van der Waals surface area (Å²) in [5.74, 6) is -0.226. The van der Waals surface area contributed by atoms with E-state index in [9.17, 15) is 4.79 Å². The van der Waals surface area contributed by atoms with Crippen molar-refractivity contribution in [1.29, 1.82) is 0 Å². The first-order valence-electron chi connectivity index (χ1n) is 5.69. The molecule has 6 heteroatoms. The van der Waals surface area contributed by atoms with Gasteiger partial charge in [-0.3, -0.25) is 4.40 Å². The molecule has 0 aliphatic carbocycles. The minimum atomic E-state index is -0.995. The molecule has 0 fully saturated rings. The van der Waals surface area contributed by atoms with Crippen LogP contribution in [0, 0.1) is 0 Å². The number of nitrogens with one attached hydrogen (secondary N) is 1. The first kappa shape index (κ1) is 13.0. The summed E-state index contributed by atoms with van der Waals surface area (Å²) >= 11 is 3.43. The number of fused-ring (bicyclic) bond motifs is 1. The van der Waals surface area contributed by atoms with Gasteiger partial charge in [-0.15, -0.1) is 0 Å². The molecule has 0 amide bonds. The van der Waals surface area contributed by atoms with E-state index in [-0.39, 0.29) is 5.69 Å². The predicted molar refractivity (Wildman–Crippen MR) is 72.1 cm³/mol. The van der Waals surface area contributed by atoms with E-state index in [1.54, 1.807) is 6.07 Å². The molecule has 0 spiro atoms. The molecular weight excluding hydrogens is 298 g/mol. The van der Waals surface area contributed by atoms with E-state index in [0.29, 0.717) is 5.52 Å². The van der Waals surface area contributed by atoms with Crippen molar-refractivity contribution < 1.29 is 9.90 Å². The summed E-state index contributed by atoms with van der Waals surface area (Å²) in [6.45, 7) is 0.877. The van der Waals surface area contributed by atoms with Crippen LogP contribution >= 0.6 is 15.9 Å². The number of hydrogen-bond donors (Lipinski definition) is 2. The van der Waals surface area contributed by atoms with Gasteiger partial charge in [-0.05, 0) is 48.1 Å². The van der Waals surface area contributed by atoms with Gasteiger partial charge >= 0.3 is 5.97 Å². The summed E-state index contributed by atoms with van der Waals surface area (Å²) in [6.07, 6.45) is 1.65. The topological polar surface area (TPSA) is 66.6 Å². The molecule has 5 nitrogen and oxygen atoms in total. The maximum atomic E-state index is 11.2. The van der Waals surface area contributed by atoms with Crippen LogP contribution in [0.4, 0.5) is 0 Å². The predicted octanol–water partition coefficient (Wildman–Crippen LogP) is 1.95. The van der Waals surface area contributed by atoms with Crippen molar-refractivity contribution in [3.8, 4) is 0 Å². The number of imidazole rings is 1. The van der Waals surface area contributed by atoms with Crippen LogP contribution in [0.3, 0.4) is 0 Å². The fourth-order valence-electron chi connectivity index (χ4n) is 1.91. The van der Waals surface area contributed by atoms with Crippen molar-refractivity contribution >= 4 is 27.4 Å². The van der Waals surface area contributed by atoms with Gasteiger partial charge in [0, 0.05) is 6.42 Å². The van der Waals surface area contributed by atoms with Gasteiger partial charge in [-0.2, -0.15) is 0 Å². The normalized spacial score (nSPS) is 11.0. The molecule has 0 aromatic carbocycles. The SMILES string of the molecule is CNCCCc1nc(C(=O)O)c2cccc(Br)n12. The Morgan fingerprint density at radius 1 is 1.56 bits per heavy atom. The Kier molecular flexibility index (Phi) is 3.98. The standard InChI is InChI=1S/C12H14BrN3O2/c1-14-7-3-6-10-15-11(12(17)18)8-4-2-5-9(13)16(8)10/h2,4-5,14H,3,6-7H2,1H3,(H,17,18). The molecule has 18 heavy (non-hydrogen) atoms. The zero-order valence-corrected chi connectivity index (χ0v) is 11.6. The Balaban J connectivity index is 2.48. The highest BCUT2D eigenvalue weighted by molar-refractivity contribution is 9.10. The number of halogens is 1. The van der Waals surface area contributed by atoms with Crippen molar-refractivity contribution in [3.63, 3.8) is 0 Å². The number of aromatic carboxylic acids is 1. The Labute approximate surface area is 113 Å². The highest BCUT2D eigenvalue weighted by Crippen LogP contribution is 2.20.